The van der Waals surface area contributed by atoms with Gasteiger partial charge in [-0.15, -0.1) is 0 Å². The highest BCUT2D eigenvalue weighted by Gasteiger charge is 2.21. The van der Waals surface area contributed by atoms with Crippen LogP contribution in [0, 0.1) is 5.82 Å². The molecule has 0 aliphatic heterocycles. The molecule has 0 saturated carbocycles. The van der Waals surface area contributed by atoms with E-state index in [4.69, 9.17) is 31.3 Å². The van der Waals surface area contributed by atoms with Crippen LogP contribution in [0.15, 0.2) is 77.2 Å². The van der Waals surface area contributed by atoms with Crippen LogP contribution in [0.1, 0.15) is 21.7 Å². The first-order valence-electron chi connectivity index (χ1n) is 10.4. The molecule has 9 heteroatoms. The van der Waals surface area contributed by atoms with Crippen LogP contribution >= 0.6 is 12.2 Å². The minimum atomic E-state index is -0.410. The van der Waals surface area contributed by atoms with Gasteiger partial charge in [-0.2, -0.15) is 0 Å². The lowest BCUT2D eigenvalue weighted by atomic mass is 10.1. The third-order valence-corrected chi connectivity index (χ3v) is 5.29. The summed E-state index contributed by atoms with van der Waals surface area (Å²) in [4.78, 5) is 13.1. The molecule has 4 rings (SSSR count). The Hall–Kier alpha value is -3.95. The molecule has 1 aromatic heterocycles. The molecule has 0 atom stereocenters. The number of halogens is 1. The van der Waals surface area contributed by atoms with Crippen molar-refractivity contribution in [3.63, 3.8) is 0 Å². The molecule has 4 aromatic rings. The van der Waals surface area contributed by atoms with Gasteiger partial charge < -0.3 is 19.2 Å². The molecule has 7 nitrogen and oxygen atoms in total. The van der Waals surface area contributed by atoms with E-state index in [-0.39, 0.29) is 30.5 Å². The van der Waals surface area contributed by atoms with Gasteiger partial charge in [0.25, 0.3) is 5.91 Å². The van der Waals surface area contributed by atoms with Crippen LogP contribution in [-0.4, -0.2) is 29.3 Å². The summed E-state index contributed by atoms with van der Waals surface area (Å²) < 4.78 is 30.6. The Balaban J connectivity index is 1.39. The maximum Gasteiger partial charge on any atom is 0.287 e. The van der Waals surface area contributed by atoms with Gasteiger partial charge in [-0.25, -0.2) is 4.39 Å². The Morgan fingerprint density at radius 2 is 1.79 bits per heavy atom. The molecule has 0 unspecified atom stereocenters. The second-order valence-corrected chi connectivity index (χ2v) is 7.63. The van der Waals surface area contributed by atoms with Gasteiger partial charge in [-0.05, 0) is 42.5 Å². The molecular formula is C25H21FN2O5S. The van der Waals surface area contributed by atoms with Crippen LogP contribution < -0.4 is 20.3 Å². The number of thiocarbonyl (C=S) groups is 1. The van der Waals surface area contributed by atoms with Crippen LogP contribution in [0.5, 0.6) is 11.5 Å². The fraction of sp³-hybridized carbons (Fsp3) is 0.120. The van der Waals surface area contributed by atoms with E-state index in [0.29, 0.717) is 28.2 Å². The molecule has 1 heterocycles. The summed E-state index contributed by atoms with van der Waals surface area (Å²) in [5.74, 6) is 0.257. The third kappa shape index (κ3) is 5.51. The molecule has 3 N–H and O–H groups in total. The molecular weight excluding hydrogens is 459 g/mol. The molecule has 3 aromatic carbocycles. The Morgan fingerprint density at radius 3 is 2.56 bits per heavy atom. The van der Waals surface area contributed by atoms with Crippen LogP contribution in [0.4, 0.5) is 4.39 Å². The van der Waals surface area contributed by atoms with Gasteiger partial charge >= 0.3 is 0 Å². The number of carbonyl (C=O) groups is 1. The van der Waals surface area contributed by atoms with Gasteiger partial charge in [0.1, 0.15) is 41.1 Å². The highest BCUT2D eigenvalue weighted by atomic mass is 32.1. The number of furan rings is 1. The van der Waals surface area contributed by atoms with Crippen molar-refractivity contribution in [3.05, 3.63) is 95.5 Å². The Kier molecular flexibility index (Phi) is 7.36. The Morgan fingerprint density at radius 1 is 1.00 bits per heavy atom. The predicted octanol–water partition coefficient (Wildman–Crippen LogP) is 4.61. The number of hydroxylamine groups is 1. The predicted molar refractivity (Wildman–Crippen MR) is 128 cm³/mol. The van der Waals surface area contributed by atoms with Crippen molar-refractivity contribution < 1.29 is 28.3 Å². The largest absolute Gasteiger partial charge is 0.492 e. The standard InChI is InChI=1S/C25H21FN2O5S/c26-17-4-3-5-19(14-17)32-15-21-20-6-1-2-7-22(20)33-23(21)24(29)27-12-13-31-18-10-8-16(9-11-18)25(34)28-30/h1-11,14,30H,12-13,15H2,(H,27,29)(H,28,34). The fourth-order valence-corrected chi connectivity index (χ4v) is 3.45. The highest BCUT2D eigenvalue weighted by molar-refractivity contribution is 7.80. The summed E-state index contributed by atoms with van der Waals surface area (Å²) in [6, 6.07) is 19.9. The van der Waals surface area contributed by atoms with Gasteiger partial charge in [-0.3, -0.25) is 15.5 Å². The lowest BCUT2D eigenvalue weighted by molar-refractivity contribution is 0.0918. The van der Waals surface area contributed by atoms with Crippen molar-refractivity contribution in [2.24, 2.45) is 0 Å². The van der Waals surface area contributed by atoms with Gasteiger partial charge in [-0.1, -0.05) is 36.5 Å². The maximum atomic E-state index is 13.5. The van der Waals surface area contributed by atoms with Gasteiger partial charge in [0.15, 0.2) is 5.76 Å². The summed E-state index contributed by atoms with van der Waals surface area (Å²) in [6.07, 6.45) is 0. The lowest BCUT2D eigenvalue weighted by Gasteiger charge is -2.09. The van der Waals surface area contributed by atoms with Crippen LogP contribution in [-0.2, 0) is 6.61 Å². The summed E-state index contributed by atoms with van der Waals surface area (Å²) in [5.41, 5.74) is 3.70. The molecule has 174 valence electrons. The molecule has 0 aliphatic carbocycles. The number of rotatable bonds is 9. The summed E-state index contributed by atoms with van der Waals surface area (Å²) in [5, 5.41) is 12.4. The summed E-state index contributed by atoms with van der Waals surface area (Å²) in [6.45, 7) is 0.498. The van der Waals surface area contributed by atoms with Gasteiger partial charge in [0.2, 0.25) is 0 Å². The van der Waals surface area contributed by atoms with Gasteiger partial charge in [0.05, 0.1) is 6.54 Å². The van der Waals surface area contributed by atoms with Crippen molar-refractivity contribution in [2.75, 3.05) is 13.2 Å². The third-order valence-electron chi connectivity index (χ3n) is 4.96. The zero-order chi connectivity index (χ0) is 23.9. The van der Waals surface area contributed by atoms with Crippen molar-refractivity contribution >= 4 is 34.1 Å². The van der Waals surface area contributed by atoms with E-state index >= 15 is 0 Å². The SMILES string of the molecule is O=C(NCCOc1ccc(C(=S)NO)cc1)c1oc2ccccc2c1COc1cccc(F)c1. The van der Waals surface area contributed by atoms with Crippen molar-refractivity contribution in [3.8, 4) is 11.5 Å². The number of nitrogens with one attached hydrogen (secondary N) is 2. The topological polar surface area (TPSA) is 93.0 Å². The van der Waals surface area contributed by atoms with Crippen LogP contribution in [0.3, 0.4) is 0 Å². The average molecular weight is 481 g/mol. The number of ether oxygens (including phenoxy) is 2. The molecule has 0 radical (unpaired) electrons. The second-order valence-electron chi connectivity index (χ2n) is 7.22. The van der Waals surface area contributed by atoms with E-state index in [1.165, 1.54) is 12.1 Å². The maximum absolute atomic E-state index is 13.5. The van der Waals surface area contributed by atoms with Crippen molar-refractivity contribution in [1.29, 1.82) is 0 Å². The number of fused-ring (bicyclic) bond motifs is 1. The van der Waals surface area contributed by atoms with Crippen molar-refractivity contribution in [1.82, 2.24) is 10.8 Å². The summed E-state index contributed by atoms with van der Waals surface area (Å²) >= 11 is 4.95. The Labute approximate surface area is 200 Å². The van der Waals surface area contributed by atoms with E-state index in [9.17, 15) is 9.18 Å². The first-order valence-corrected chi connectivity index (χ1v) is 10.8. The number of carbonyl (C=O) groups excluding carboxylic acids is 1. The normalized spacial score (nSPS) is 10.6. The number of hydrogen-bond acceptors (Lipinski definition) is 6. The van der Waals surface area contributed by atoms with E-state index in [1.54, 1.807) is 42.5 Å². The van der Waals surface area contributed by atoms with Crippen LogP contribution in [0.2, 0.25) is 0 Å². The first kappa shape index (κ1) is 23.2. The second kappa shape index (κ2) is 10.8. The molecule has 1 amide bonds. The van der Waals surface area contributed by atoms with Crippen molar-refractivity contribution in [2.45, 2.75) is 6.61 Å². The Bertz CT molecular complexity index is 1310. The summed E-state index contributed by atoms with van der Waals surface area (Å²) in [7, 11) is 0. The molecule has 0 spiro atoms. The fourth-order valence-electron chi connectivity index (χ4n) is 3.32. The van der Waals surface area contributed by atoms with E-state index in [1.807, 2.05) is 23.7 Å². The highest BCUT2D eigenvalue weighted by Crippen LogP contribution is 2.27. The lowest BCUT2D eigenvalue weighted by Crippen LogP contribution is -2.28. The zero-order valence-corrected chi connectivity index (χ0v) is 18.7. The minimum Gasteiger partial charge on any atom is -0.492 e. The van der Waals surface area contributed by atoms with Crippen LogP contribution in [0.25, 0.3) is 11.0 Å². The number of amides is 1. The van der Waals surface area contributed by atoms with Gasteiger partial charge in [0, 0.05) is 22.6 Å². The van der Waals surface area contributed by atoms with E-state index in [0.717, 1.165) is 5.39 Å². The molecule has 0 bridgehead atoms. The molecule has 34 heavy (non-hydrogen) atoms. The molecule has 0 aliphatic rings. The monoisotopic (exact) mass is 480 g/mol. The quantitative estimate of drug-likeness (QED) is 0.183. The average Bonchev–Trinajstić information content (AvgIpc) is 3.24. The van der Waals surface area contributed by atoms with E-state index in [2.05, 4.69) is 5.32 Å². The number of hydrogen-bond donors (Lipinski definition) is 3. The minimum absolute atomic E-state index is 0.0383. The number of benzene rings is 3. The number of para-hydroxylation sites is 1. The smallest absolute Gasteiger partial charge is 0.287 e. The first-order chi connectivity index (χ1) is 16.5. The zero-order valence-electron chi connectivity index (χ0n) is 17.9. The van der Waals surface area contributed by atoms with E-state index < -0.39 is 11.7 Å². The molecule has 0 saturated heterocycles. The molecule has 0 fully saturated rings.